The molecule has 0 atom stereocenters. The summed E-state index contributed by atoms with van der Waals surface area (Å²) >= 11 is 4.67. The van der Waals surface area contributed by atoms with Gasteiger partial charge in [-0.2, -0.15) is 4.31 Å². The van der Waals surface area contributed by atoms with E-state index >= 15 is 0 Å². The molecular formula is C10H12BrNO3S2. The van der Waals surface area contributed by atoms with E-state index in [1.165, 1.54) is 15.6 Å². The molecule has 2 heterocycles. The normalized spacial score (nSPS) is 18.6. The number of aryl methyl sites for hydroxylation is 1. The molecule has 0 N–H and O–H groups in total. The van der Waals surface area contributed by atoms with Gasteiger partial charge in [0.25, 0.3) is 0 Å². The largest absolute Gasteiger partial charge is 0.298 e. The summed E-state index contributed by atoms with van der Waals surface area (Å²) in [7, 11) is -3.51. The molecule has 0 aromatic carbocycles. The minimum atomic E-state index is -3.51. The highest BCUT2D eigenvalue weighted by Gasteiger charge is 2.31. The van der Waals surface area contributed by atoms with Gasteiger partial charge in [0.05, 0.1) is 15.2 Å². The van der Waals surface area contributed by atoms with Gasteiger partial charge >= 0.3 is 0 Å². The Morgan fingerprint density at radius 2 is 2.18 bits per heavy atom. The Hall–Kier alpha value is -0.240. The maximum absolute atomic E-state index is 12.3. The zero-order valence-corrected chi connectivity index (χ0v) is 12.5. The lowest BCUT2D eigenvalue weighted by molar-refractivity contribution is -0.120. The summed E-state index contributed by atoms with van der Waals surface area (Å²) in [5.74, 6) is -0.00762. The molecule has 1 saturated heterocycles. The van der Waals surface area contributed by atoms with E-state index in [-0.39, 0.29) is 12.3 Å². The predicted octanol–water partition coefficient (Wildman–Crippen LogP) is 2.17. The molecule has 0 radical (unpaired) electrons. The molecule has 0 aliphatic carbocycles. The average Bonchev–Trinajstić information content (AvgIpc) is 2.58. The molecule has 1 aromatic heterocycles. The van der Waals surface area contributed by atoms with Crippen LogP contribution in [0.3, 0.4) is 0 Å². The van der Waals surface area contributed by atoms with E-state index in [0.29, 0.717) is 24.3 Å². The average molecular weight is 338 g/mol. The van der Waals surface area contributed by atoms with Crippen LogP contribution in [0.15, 0.2) is 14.7 Å². The third-order valence-corrected chi connectivity index (χ3v) is 6.33. The number of carbonyl (C=O) groups excluding carboxylic acids is 1. The SMILES string of the molecule is Cc1sc(Br)cc1S(=O)(=O)N1CCCC(=O)C1. The molecule has 0 unspecified atom stereocenters. The Morgan fingerprint density at radius 3 is 2.71 bits per heavy atom. The van der Waals surface area contributed by atoms with E-state index in [0.717, 1.165) is 8.66 Å². The lowest BCUT2D eigenvalue weighted by atomic mass is 10.1. The number of Topliss-reactive ketones (excluding diaryl/α,β-unsaturated/α-hetero) is 1. The van der Waals surface area contributed by atoms with E-state index in [4.69, 9.17) is 0 Å². The van der Waals surface area contributed by atoms with E-state index in [1.807, 2.05) is 0 Å². The van der Waals surface area contributed by atoms with Crippen LogP contribution in [0.5, 0.6) is 0 Å². The second-order valence-corrected chi connectivity index (χ2v) is 8.49. The first kappa shape index (κ1) is 13.2. The van der Waals surface area contributed by atoms with Crippen molar-refractivity contribution in [1.82, 2.24) is 4.31 Å². The molecule has 0 spiro atoms. The van der Waals surface area contributed by atoms with Gasteiger partial charge in [-0.25, -0.2) is 8.42 Å². The molecule has 1 fully saturated rings. The molecule has 17 heavy (non-hydrogen) atoms. The number of rotatable bonds is 2. The van der Waals surface area contributed by atoms with Gasteiger partial charge in [0.15, 0.2) is 0 Å². The second kappa shape index (κ2) is 4.79. The number of carbonyl (C=O) groups is 1. The third kappa shape index (κ3) is 2.62. The number of thiophene rings is 1. The number of piperidine rings is 1. The highest BCUT2D eigenvalue weighted by molar-refractivity contribution is 9.11. The van der Waals surface area contributed by atoms with Gasteiger partial charge in [-0.05, 0) is 35.3 Å². The smallest absolute Gasteiger partial charge is 0.244 e. The van der Waals surface area contributed by atoms with Crippen LogP contribution in [-0.4, -0.2) is 31.6 Å². The molecular weight excluding hydrogens is 326 g/mol. The summed E-state index contributed by atoms with van der Waals surface area (Å²) in [6.45, 7) is 2.21. The van der Waals surface area contributed by atoms with Gasteiger partial charge in [0.2, 0.25) is 10.0 Å². The summed E-state index contributed by atoms with van der Waals surface area (Å²) in [6.07, 6.45) is 1.10. The minimum Gasteiger partial charge on any atom is -0.298 e. The number of ketones is 1. The van der Waals surface area contributed by atoms with E-state index < -0.39 is 10.0 Å². The number of hydrogen-bond donors (Lipinski definition) is 0. The highest BCUT2D eigenvalue weighted by atomic mass is 79.9. The lowest BCUT2D eigenvalue weighted by Crippen LogP contribution is -2.40. The molecule has 2 rings (SSSR count). The predicted molar refractivity (Wildman–Crippen MR) is 69.8 cm³/mol. The van der Waals surface area contributed by atoms with Crippen molar-refractivity contribution in [3.63, 3.8) is 0 Å². The second-order valence-electron chi connectivity index (χ2n) is 3.95. The Kier molecular flexibility index (Phi) is 3.72. The first-order valence-electron chi connectivity index (χ1n) is 5.19. The first-order valence-corrected chi connectivity index (χ1v) is 8.24. The maximum atomic E-state index is 12.3. The Balaban J connectivity index is 2.36. The van der Waals surface area contributed by atoms with Gasteiger partial charge in [0, 0.05) is 17.8 Å². The summed E-state index contributed by atoms with van der Waals surface area (Å²) in [4.78, 5) is 12.4. The molecule has 1 aliphatic heterocycles. The maximum Gasteiger partial charge on any atom is 0.244 e. The number of nitrogens with zero attached hydrogens (tertiary/aromatic N) is 1. The number of hydrogen-bond acceptors (Lipinski definition) is 4. The first-order chi connectivity index (χ1) is 7.91. The van der Waals surface area contributed by atoms with Crippen LogP contribution in [0.1, 0.15) is 17.7 Å². The third-order valence-electron chi connectivity index (χ3n) is 2.68. The van der Waals surface area contributed by atoms with Crippen molar-refractivity contribution in [2.24, 2.45) is 0 Å². The summed E-state index contributed by atoms with van der Waals surface area (Å²) in [5.41, 5.74) is 0. The highest BCUT2D eigenvalue weighted by Crippen LogP contribution is 2.32. The summed E-state index contributed by atoms with van der Waals surface area (Å²) < 4.78 is 26.7. The van der Waals surface area contributed by atoms with Crippen LogP contribution in [0.2, 0.25) is 0 Å². The minimum absolute atomic E-state index is 0.00762. The van der Waals surface area contributed by atoms with E-state index in [9.17, 15) is 13.2 Å². The van der Waals surface area contributed by atoms with Crippen LogP contribution in [0.4, 0.5) is 0 Å². The van der Waals surface area contributed by atoms with Crippen LogP contribution >= 0.6 is 27.3 Å². The Labute approximate surface area is 113 Å². The molecule has 0 saturated carbocycles. The topological polar surface area (TPSA) is 54.5 Å². The van der Waals surface area contributed by atoms with Gasteiger partial charge in [-0.3, -0.25) is 4.79 Å². The molecule has 0 amide bonds. The van der Waals surface area contributed by atoms with Gasteiger partial charge in [0.1, 0.15) is 5.78 Å². The molecule has 94 valence electrons. The quantitative estimate of drug-likeness (QED) is 0.831. The lowest BCUT2D eigenvalue weighted by Gasteiger charge is -2.24. The van der Waals surface area contributed by atoms with Gasteiger partial charge in [-0.15, -0.1) is 11.3 Å². The van der Waals surface area contributed by atoms with Crippen LogP contribution in [-0.2, 0) is 14.8 Å². The monoisotopic (exact) mass is 337 g/mol. The van der Waals surface area contributed by atoms with Crippen LogP contribution in [0.25, 0.3) is 0 Å². The molecule has 0 bridgehead atoms. The van der Waals surface area contributed by atoms with Crippen molar-refractivity contribution in [2.45, 2.75) is 24.7 Å². The summed E-state index contributed by atoms with van der Waals surface area (Å²) in [5, 5.41) is 0. The number of halogens is 1. The van der Waals surface area contributed by atoms with Crippen molar-refractivity contribution < 1.29 is 13.2 Å². The molecule has 1 aromatic rings. The van der Waals surface area contributed by atoms with Crippen molar-refractivity contribution in [2.75, 3.05) is 13.1 Å². The Morgan fingerprint density at radius 1 is 1.47 bits per heavy atom. The van der Waals surface area contributed by atoms with Crippen molar-refractivity contribution in [3.8, 4) is 0 Å². The van der Waals surface area contributed by atoms with Crippen molar-refractivity contribution in [1.29, 1.82) is 0 Å². The fourth-order valence-electron chi connectivity index (χ4n) is 1.84. The molecule has 1 aliphatic rings. The standard InChI is InChI=1S/C10H12BrNO3S2/c1-7-9(5-10(11)16-7)17(14,15)12-4-2-3-8(13)6-12/h5H,2-4,6H2,1H3. The van der Waals surface area contributed by atoms with Crippen molar-refractivity contribution in [3.05, 3.63) is 14.7 Å². The van der Waals surface area contributed by atoms with Crippen LogP contribution < -0.4 is 0 Å². The molecule has 7 heteroatoms. The van der Waals surface area contributed by atoms with E-state index in [1.54, 1.807) is 13.0 Å². The Bertz CT molecular complexity index is 550. The van der Waals surface area contributed by atoms with Crippen molar-refractivity contribution >= 4 is 43.1 Å². The van der Waals surface area contributed by atoms with Crippen LogP contribution in [0, 0.1) is 6.92 Å². The fraction of sp³-hybridized carbons (Fsp3) is 0.500. The van der Waals surface area contributed by atoms with Gasteiger partial charge < -0.3 is 0 Å². The number of sulfonamides is 1. The summed E-state index contributed by atoms with van der Waals surface area (Å²) in [6, 6.07) is 1.61. The zero-order valence-electron chi connectivity index (χ0n) is 9.27. The fourth-order valence-corrected chi connectivity index (χ4v) is 5.68. The zero-order chi connectivity index (χ0) is 12.6. The molecule has 4 nitrogen and oxygen atoms in total. The van der Waals surface area contributed by atoms with Gasteiger partial charge in [-0.1, -0.05) is 0 Å². The van der Waals surface area contributed by atoms with E-state index in [2.05, 4.69) is 15.9 Å².